The van der Waals surface area contributed by atoms with E-state index >= 15 is 0 Å². The topological polar surface area (TPSA) is 75.9 Å². The number of aliphatic hydroxyl groups is 1. The molecule has 0 amide bonds. The third-order valence-corrected chi connectivity index (χ3v) is 4.44. The number of hydrogen-bond acceptors (Lipinski definition) is 4. The third kappa shape index (κ3) is 2.94. The van der Waals surface area contributed by atoms with E-state index in [-0.39, 0.29) is 5.92 Å². The molecular weight excluding hydrogens is 300 g/mol. The molecule has 0 saturated carbocycles. The van der Waals surface area contributed by atoms with Crippen molar-refractivity contribution in [1.82, 2.24) is 9.97 Å². The molecule has 1 aromatic carbocycles. The van der Waals surface area contributed by atoms with E-state index in [0.29, 0.717) is 16.4 Å². The molecule has 2 aromatic rings. The first kappa shape index (κ1) is 14.9. The van der Waals surface area contributed by atoms with Gasteiger partial charge in [0.25, 0.3) is 0 Å². The Morgan fingerprint density at radius 3 is 2.82 bits per heavy atom. The molecule has 1 atom stereocenters. The molecule has 1 fully saturated rings. The van der Waals surface area contributed by atoms with Crippen LogP contribution in [0.25, 0.3) is 0 Å². The summed E-state index contributed by atoms with van der Waals surface area (Å²) in [5.41, 5.74) is 1.51. The van der Waals surface area contributed by atoms with Crippen molar-refractivity contribution in [3.63, 3.8) is 0 Å². The lowest BCUT2D eigenvalue weighted by Crippen LogP contribution is -2.36. The van der Waals surface area contributed by atoms with Gasteiger partial charge in [-0.3, -0.25) is 0 Å². The van der Waals surface area contributed by atoms with Crippen LogP contribution in [0.4, 0.5) is 5.69 Å². The zero-order chi connectivity index (χ0) is 15.5. The number of rotatable bonds is 3. The molecule has 3 rings (SSSR count). The van der Waals surface area contributed by atoms with Crippen molar-refractivity contribution in [2.24, 2.45) is 5.92 Å². The number of aromatic amines is 1. The van der Waals surface area contributed by atoms with Crippen LogP contribution >= 0.6 is 11.6 Å². The van der Waals surface area contributed by atoms with Crippen LogP contribution in [0, 0.1) is 17.2 Å². The minimum atomic E-state index is -0.563. The Morgan fingerprint density at radius 2 is 2.18 bits per heavy atom. The second-order valence-electron chi connectivity index (χ2n) is 5.52. The fraction of sp³-hybridized carbons (Fsp3) is 0.375. The van der Waals surface area contributed by atoms with Crippen molar-refractivity contribution in [1.29, 1.82) is 5.26 Å². The first-order valence-electron chi connectivity index (χ1n) is 7.31. The van der Waals surface area contributed by atoms with E-state index in [4.69, 9.17) is 11.6 Å². The summed E-state index contributed by atoms with van der Waals surface area (Å²) in [6.45, 7) is 1.58. The van der Waals surface area contributed by atoms with Gasteiger partial charge in [0.15, 0.2) is 0 Å². The molecule has 22 heavy (non-hydrogen) atoms. The standard InChI is InChI=1S/C16H17ClN4O/c17-13-2-1-12(10-18)14(9-13)21-7-3-11(4-8-21)15(22)16-19-5-6-20-16/h1-2,5-6,9,11,15,22H,3-4,7-8H2,(H,19,20). The van der Waals surface area contributed by atoms with Gasteiger partial charge in [-0.25, -0.2) is 4.98 Å². The fourth-order valence-corrected chi connectivity index (χ4v) is 3.15. The largest absolute Gasteiger partial charge is 0.385 e. The number of nitriles is 1. The Bertz CT molecular complexity index is 672. The maximum Gasteiger partial charge on any atom is 0.135 e. The quantitative estimate of drug-likeness (QED) is 0.913. The van der Waals surface area contributed by atoms with Crippen LogP contribution in [0.2, 0.25) is 5.02 Å². The summed E-state index contributed by atoms with van der Waals surface area (Å²) in [5, 5.41) is 20.2. The summed E-state index contributed by atoms with van der Waals surface area (Å²) >= 11 is 6.05. The van der Waals surface area contributed by atoms with Crippen molar-refractivity contribution < 1.29 is 5.11 Å². The number of nitrogens with one attached hydrogen (secondary N) is 1. The third-order valence-electron chi connectivity index (χ3n) is 4.21. The minimum absolute atomic E-state index is 0.173. The maximum absolute atomic E-state index is 10.4. The zero-order valence-corrected chi connectivity index (χ0v) is 12.8. The van der Waals surface area contributed by atoms with Gasteiger partial charge in [0, 0.05) is 30.5 Å². The molecule has 0 radical (unpaired) electrons. The highest BCUT2D eigenvalue weighted by atomic mass is 35.5. The van der Waals surface area contributed by atoms with Crippen LogP contribution < -0.4 is 4.90 Å². The van der Waals surface area contributed by atoms with E-state index in [1.165, 1.54) is 0 Å². The number of nitrogens with zero attached hydrogens (tertiary/aromatic N) is 3. The van der Waals surface area contributed by atoms with Gasteiger partial charge in [-0.1, -0.05) is 11.6 Å². The zero-order valence-electron chi connectivity index (χ0n) is 12.0. The van der Waals surface area contributed by atoms with Gasteiger partial charge in [-0.2, -0.15) is 5.26 Å². The van der Waals surface area contributed by atoms with Crippen LogP contribution in [-0.4, -0.2) is 28.2 Å². The van der Waals surface area contributed by atoms with Crippen molar-refractivity contribution in [2.75, 3.05) is 18.0 Å². The summed E-state index contributed by atoms with van der Waals surface area (Å²) in [7, 11) is 0. The lowest BCUT2D eigenvalue weighted by Gasteiger charge is -2.35. The van der Waals surface area contributed by atoms with E-state index in [1.807, 2.05) is 6.07 Å². The Hall–Kier alpha value is -2.03. The van der Waals surface area contributed by atoms with Crippen LogP contribution in [0.15, 0.2) is 30.6 Å². The molecule has 5 nitrogen and oxygen atoms in total. The molecule has 0 bridgehead atoms. The predicted octanol–water partition coefficient (Wildman–Crippen LogP) is 2.88. The summed E-state index contributed by atoms with van der Waals surface area (Å²) in [5.74, 6) is 0.797. The lowest BCUT2D eigenvalue weighted by atomic mass is 9.90. The number of aliphatic hydroxyl groups excluding tert-OH is 1. The molecule has 6 heteroatoms. The number of halogens is 1. The number of anilines is 1. The molecule has 1 aliphatic heterocycles. The number of aromatic nitrogens is 2. The molecule has 0 aliphatic carbocycles. The lowest BCUT2D eigenvalue weighted by molar-refractivity contribution is 0.0857. The summed E-state index contributed by atoms with van der Waals surface area (Å²) in [6, 6.07) is 7.53. The average molecular weight is 317 g/mol. The van der Waals surface area contributed by atoms with E-state index in [9.17, 15) is 10.4 Å². The Balaban J connectivity index is 1.70. The summed E-state index contributed by atoms with van der Waals surface area (Å²) < 4.78 is 0. The van der Waals surface area contributed by atoms with Crippen LogP contribution in [-0.2, 0) is 0 Å². The number of imidazole rings is 1. The Kier molecular flexibility index (Phi) is 4.32. The normalized spacial score (nSPS) is 17.2. The highest BCUT2D eigenvalue weighted by Gasteiger charge is 2.28. The van der Waals surface area contributed by atoms with E-state index in [2.05, 4.69) is 20.9 Å². The molecule has 1 saturated heterocycles. The fourth-order valence-electron chi connectivity index (χ4n) is 2.98. The summed E-state index contributed by atoms with van der Waals surface area (Å²) in [4.78, 5) is 9.26. The Labute approximate surface area is 134 Å². The first-order chi connectivity index (χ1) is 10.7. The molecule has 2 heterocycles. The minimum Gasteiger partial charge on any atom is -0.385 e. The molecule has 2 N–H and O–H groups in total. The predicted molar refractivity (Wildman–Crippen MR) is 84.7 cm³/mol. The highest BCUT2D eigenvalue weighted by molar-refractivity contribution is 6.30. The Morgan fingerprint density at radius 1 is 1.41 bits per heavy atom. The van der Waals surface area contributed by atoms with E-state index in [1.54, 1.807) is 24.5 Å². The van der Waals surface area contributed by atoms with Gasteiger partial charge in [0.2, 0.25) is 0 Å². The van der Waals surface area contributed by atoms with Gasteiger partial charge in [0.1, 0.15) is 18.0 Å². The van der Waals surface area contributed by atoms with Crippen LogP contribution in [0.1, 0.15) is 30.3 Å². The number of hydrogen-bond donors (Lipinski definition) is 2. The molecular formula is C16H17ClN4O. The molecule has 114 valence electrons. The van der Waals surface area contributed by atoms with Gasteiger partial charge in [0.05, 0.1) is 11.3 Å². The average Bonchev–Trinajstić information content (AvgIpc) is 3.09. The molecule has 1 aliphatic rings. The molecule has 1 unspecified atom stereocenters. The second kappa shape index (κ2) is 6.39. The highest BCUT2D eigenvalue weighted by Crippen LogP contribution is 2.33. The number of benzene rings is 1. The second-order valence-corrected chi connectivity index (χ2v) is 5.95. The number of H-pyrrole nitrogens is 1. The summed E-state index contributed by atoms with van der Waals surface area (Å²) in [6.07, 6.45) is 4.50. The maximum atomic E-state index is 10.4. The van der Waals surface area contributed by atoms with Crippen molar-refractivity contribution in [3.8, 4) is 6.07 Å². The molecule has 0 spiro atoms. The van der Waals surface area contributed by atoms with E-state index in [0.717, 1.165) is 31.6 Å². The van der Waals surface area contributed by atoms with Gasteiger partial charge in [-0.05, 0) is 37.0 Å². The number of piperidine rings is 1. The van der Waals surface area contributed by atoms with Crippen molar-refractivity contribution in [2.45, 2.75) is 18.9 Å². The van der Waals surface area contributed by atoms with Gasteiger partial charge < -0.3 is 15.0 Å². The van der Waals surface area contributed by atoms with Crippen molar-refractivity contribution >= 4 is 17.3 Å². The van der Waals surface area contributed by atoms with Crippen LogP contribution in [0.3, 0.4) is 0 Å². The van der Waals surface area contributed by atoms with Crippen molar-refractivity contribution in [3.05, 3.63) is 47.0 Å². The van der Waals surface area contributed by atoms with Gasteiger partial charge >= 0.3 is 0 Å². The van der Waals surface area contributed by atoms with Crippen LogP contribution in [0.5, 0.6) is 0 Å². The van der Waals surface area contributed by atoms with E-state index < -0.39 is 6.10 Å². The SMILES string of the molecule is N#Cc1ccc(Cl)cc1N1CCC(C(O)c2ncc[nH]2)CC1. The monoisotopic (exact) mass is 316 g/mol. The molecule has 1 aromatic heterocycles. The van der Waals surface area contributed by atoms with Gasteiger partial charge in [-0.15, -0.1) is 0 Å². The smallest absolute Gasteiger partial charge is 0.135 e. The first-order valence-corrected chi connectivity index (χ1v) is 7.69.